The maximum atomic E-state index is 5.97. The van der Waals surface area contributed by atoms with Crippen LogP contribution in [0.5, 0.6) is 0 Å². The smallest absolute Gasteiger partial charge is 0.00849 e. The van der Waals surface area contributed by atoms with Gasteiger partial charge in [0.15, 0.2) is 0 Å². The Hall–Kier alpha value is -0.860. The average molecular weight is 274 g/mol. The molecular formula is C18H30N2. The minimum absolute atomic E-state index is 0.238. The van der Waals surface area contributed by atoms with Crippen molar-refractivity contribution in [2.75, 3.05) is 0 Å². The van der Waals surface area contributed by atoms with Crippen LogP contribution < -0.4 is 11.1 Å². The number of rotatable bonds is 4. The van der Waals surface area contributed by atoms with Gasteiger partial charge in [0.25, 0.3) is 0 Å². The predicted octanol–water partition coefficient (Wildman–Crippen LogP) is 3.38. The quantitative estimate of drug-likeness (QED) is 0.883. The normalized spacial score (nSPS) is 24.9. The molecule has 1 unspecified atom stereocenters. The lowest BCUT2D eigenvalue weighted by atomic mass is 9.86. The first-order valence-electron chi connectivity index (χ1n) is 7.95. The van der Waals surface area contributed by atoms with E-state index in [0.29, 0.717) is 18.1 Å². The molecule has 2 nitrogen and oxygen atoms in total. The van der Waals surface area contributed by atoms with Gasteiger partial charge in [-0.25, -0.2) is 0 Å². The Morgan fingerprint density at radius 1 is 1.20 bits per heavy atom. The molecule has 0 bridgehead atoms. The molecule has 1 saturated carbocycles. The lowest BCUT2D eigenvalue weighted by Gasteiger charge is -2.21. The van der Waals surface area contributed by atoms with Crippen molar-refractivity contribution < 1.29 is 0 Å². The molecule has 1 aliphatic carbocycles. The van der Waals surface area contributed by atoms with Gasteiger partial charge in [-0.3, -0.25) is 0 Å². The summed E-state index contributed by atoms with van der Waals surface area (Å²) in [6, 6.07) is 10.6. The molecule has 0 amide bonds. The zero-order valence-corrected chi connectivity index (χ0v) is 13.4. The molecule has 2 heteroatoms. The van der Waals surface area contributed by atoms with Crippen molar-refractivity contribution in [3.8, 4) is 0 Å². The van der Waals surface area contributed by atoms with Gasteiger partial charge in [-0.05, 0) is 49.1 Å². The van der Waals surface area contributed by atoms with E-state index >= 15 is 0 Å². The summed E-state index contributed by atoms with van der Waals surface area (Å²) in [6.07, 6.45) is 4.63. The van der Waals surface area contributed by atoms with E-state index in [-0.39, 0.29) is 5.41 Å². The maximum Gasteiger partial charge on any atom is 0.00849 e. The van der Waals surface area contributed by atoms with Crippen LogP contribution in [0.3, 0.4) is 0 Å². The third-order valence-electron chi connectivity index (χ3n) is 4.36. The number of hydrogen-bond donors (Lipinski definition) is 2. The first-order valence-corrected chi connectivity index (χ1v) is 7.95. The predicted molar refractivity (Wildman–Crippen MR) is 87.1 cm³/mol. The molecule has 112 valence electrons. The SMILES string of the molecule is CC(Cc1ccc(C(C)(C)C)cc1)N[C@H]1CC[C@@H](N)C1. The van der Waals surface area contributed by atoms with E-state index in [4.69, 9.17) is 5.73 Å². The van der Waals surface area contributed by atoms with E-state index in [1.54, 1.807) is 0 Å². The van der Waals surface area contributed by atoms with Crippen LogP contribution in [0.1, 0.15) is 58.1 Å². The Morgan fingerprint density at radius 2 is 1.85 bits per heavy atom. The van der Waals surface area contributed by atoms with Crippen molar-refractivity contribution in [1.29, 1.82) is 0 Å². The Balaban J connectivity index is 1.86. The summed E-state index contributed by atoms with van der Waals surface area (Å²) in [7, 11) is 0. The zero-order chi connectivity index (χ0) is 14.8. The second-order valence-electron chi connectivity index (χ2n) is 7.49. The van der Waals surface area contributed by atoms with Crippen LogP contribution in [-0.4, -0.2) is 18.1 Å². The molecule has 0 heterocycles. The van der Waals surface area contributed by atoms with E-state index in [1.807, 2.05) is 0 Å². The standard InChI is InChI=1S/C18H30N2/c1-13(20-17-10-9-16(19)12-17)11-14-5-7-15(8-6-14)18(2,3)4/h5-8,13,16-17,20H,9-12,19H2,1-4H3/t13?,16-,17+/m1/s1. The lowest BCUT2D eigenvalue weighted by Crippen LogP contribution is -2.37. The van der Waals surface area contributed by atoms with Crippen LogP contribution in [0.15, 0.2) is 24.3 Å². The Bertz CT molecular complexity index is 416. The molecular weight excluding hydrogens is 244 g/mol. The highest BCUT2D eigenvalue weighted by Crippen LogP contribution is 2.23. The van der Waals surface area contributed by atoms with Crippen LogP contribution >= 0.6 is 0 Å². The summed E-state index contributed by atoms with van der Waals surface area (Å²) in [5.74, 6) is 0. The summed E-state index contributed by atoms with van der Waals surface area (Å²) < 4.78 is 0. The molecule has 3 atom stereocenters. The van der Waals surface area contributed by atoms with Crippen molar-refractivity contribution in [2.24, 2.45) is 5.73 Å². The molecule has 0 spiro atoms. The highest BCUT2D eigenvalue weighted by Gasteiger charge is 2.22. The van der Waals surface area contributed by atoms with Crippen LogP contribution in [0.25, 0.3) is 0 Å². The minimum Gasteiger partial charge on any atom is -0.328 e. The fourth-order valence-electron chi connectivity index (χ4n) is 3.12. The van der Waals surface area contributed by atoms with Gasteiger partial charge in [-0.15, -0.1) is 0 Å². The molecule has 0 saturated heterocycles. The summed E-state index contributed by atoms with van der Waals surface area (Å²) in [4.78, 5) is 0. The van der Waals surface area contributed by atoms with Gasteiger partial charge in [0.2, 0.25) is 0 Å². The van der Waals surface area contributed by atoms with E-state index in [1.165, 1.54) is 24.0 Å². The number of nitrogens with two attached hydrogens (primary N) is 1. The molecule has 1 aromatic rings. The fourth-order valence-corrected chi connectivity index (χ4v) is 3.12. The molecule has 1 fully saturated rings. The number of nitrogens with one attached hydrogen (secondary N) is 1. The van der Waals surface area contributed by atoms with Gasteiger partial charge in [-0.2, -0.15) is 0 Å². The third kappa shape index (κ3) is 4.32. The van der Waals surface area contributed by atoms with Crippen LogP contribution in [0.2, 0.25) is 0 Å². The highest BCUT2D eigenvalue weighted by atomic mass is 15.0. The fraction of sp³-hybridized carbons (Fsp3) is 0.667. The third-order valence-corrected chi connectivity index (χ3v) is 4.36. The monoisotopic (exact) mass is 274 g/mol. The van der Waals surface area contributed by atoms with Gasteiger partial charge in [0.1, 0.15) is 0 Å². The zero-order valence-electron chi connectivity index (χ0n) is 13.4. The largest absolute Gasteiger partial charge is 0.328 e. The topological polar surface area (TPSA) is 38.0 Å². The molecule has 0 aromatic heterocycles. The Kier molecular flexibility index (Phi) is 4.87. The minimum atomic E-state index is 0.238. The van der Waals surface area contributed by atoms with Crippen molar-refractivity contribution >= 4 is 0 Å². The van der Waals surface area contributed by atoms with Crippen molar-refractivity contribution in [1.82, 2.24) is 5.32 Å². The molecule has 1 aliphatic rings. The van der Waals surface area contributed by atoms with Crippen LogP contribution in [0, 0.1) is 0 Å². The summed E-state index contributed by atoms with van der Waals surface area (Å²) in [5, 5.41) is 3.72. The average Bonchev–Trinajstić information content (AvgIpc) is 2.74. The number of benzene rings is 1. The van der Waals surface area contributed by atoms with E-state index in [9.17, 15) is 0 Å². The molecule has 2 rings (SSSR count). The van der Waals surface area contributed by atoms with Gasteiger partial charge in [0, 0.05) is 18.1 Å². The first-order chi connectivity index (χ1) is 9.34. The molecule has 1 aromatic carbocycles. The van der Waals surface area contributed by atoms with Gasteiger partial charge in [0.05, 0.1) is 0 Å². The molecule has 0 aliphatic heterocycles. The van der Waals surface area contributed by atoms with E-state index in [2.05, 4.69) is 57.3 Å². The van der Waals surface area contributed by atoms with Crippen molar-refractivity contribution in [2.45, 2.75) is 76.9 Å². The van der Waals surface area contributed by atoms with E-state index in [0.717, 1.165) is 12.8 Å². The van der Waals surface area contributed by atoms with Crippen molar-refractivity contribution in [3.63, 3.8) is 0 Å². The molecule has 3 N–H and O–H groups in total. The van der Waals surface area contributed by atoms with Crippen molar-refractivity contribution in [3.05, 3.63) is 35.4 Å². The Morgan fingerprint density at radius 3 is 2.35 bits per heavy atom. The molecule has 20 heavy (non-hydrogen) atoms. The van der Waals surface area contributed by atoms with Crippen LogP contribution in [0.4, 0.5) is 0 Å². The second kappa shape index (κ2) is 6.28. The first kappa shape index (κ1) is 15.5. The van der Waals surface area contributed by atoms with Gasteiger partial charge in [-0.1, -0.05) is 45.0 Å². The summed E-state index contributed by atoms with van der Waals surface area (Å²) in [6.45, 7) is 9.06. The molecule has 0 radical (unpaired) electrons. The van der Waals surface area contributed by atoms with Gasteiger partial charge >= 0.3 is 0 Å². The maximum absolute atomic E-state index is 5.97. The summed E-state index contributed by atoms with van der Waals surface area (Å²) in [5.41, 5.74) is 9.03. The lowest BCUT2D eigenvalue weighted by molar-refractivity contribution is 0.444. The Labute approximate surface area is 124 Å². The summed E-state index contributed by atoms with van der Waals surface area (Å²) >= 11 is 0. The number of hydrogen-bond acceptors (Lipinski definition) is 2. The highest BCUT2D eigenvalue weighted by molar-refractivity contribution is 5.27. The second-order valence-corrected chi connectivity index (χ2v) is 7.49. The van der Waals surface area contributed by atoms with Crippen LogP contribution in [-0.2, 0) is 11.8 Å². The van der Waals surface area contributed by atoms with Gasteiger partial charge < -0.3 is 11.1 Å². The van der Waals surface area contributed by atoms with E-state index < -0.39 is 0 Å².